The molecule has 1 aromatic heterocycles. The molecule has 0 atom stereocenters. The summed E-state index contributed by atoms with van der Waals surface area (Å²) >= 11 is 0. The molecule has 1 amide bonds. The monoisotopic (exact) mass is 482 g/mol. The van der Waals surface area contributed by atoms with Gasteiger partial charge in [0, 0.05) is 43.7 Å². The van der Waals surface area contributed by atoms with Gasteiger partial charge in [-0.05, 0) is 43.2 Å². The Bertz CT molecular complexity index is 1280. The summed E-state index contributed by atoms with van der Waals surface area (Å²) in [4.78, 5) is 19.2. The minimum Gasteiger partial charge on any atom is -0.496 e. The second kappa shape index (κ2) is 9.19. The normalized spacial score (nSPS) is 17.0. The average Bonchev–Trinajstić information content (AvgIpc) is 3.52. The fourth-order valence-electron chi connectivity index (χ4n) is 4.35. The molecule has 178 valence electrons. The van der Waals surface area contributed by atoms with Crippen molar-refractivity contribution in [3.63, 3.8) is 0 Å². The largest absolute Gasteiger partial charge is 0.496 e. The Morgan fingerprint density at radius 2 is 1.79 bits per heavy atom. The van der Waals surface area contributed by atoms with Gasteiger partial charge < -0.3 is 14.2 Å². The molecule has 3 aromatic rings. The maximum absolute atomic E-state index is 12.8. The summed E-state index contributed by atoms with van der Waals surface area (Å²) in [6.07, 6.45) is 2.26. The summed E-state index contributed by atoms with van der Waals surface area (Å²) in [6, 6.07) is 13.9. The van der Waals surface area contributed by atoms with Gasteiger partial charge in [-0.3, -0.25) is 4.79 Å². The molecule has 0 aliphatic carbocycles. The van der Waals surface area contributed by atoms with Gasteiger partial charge in [-0.2, -0.15) is 9.29 Å². The number of benzene rings is 2. The topological polar surface area (TPSA) is 106 Å². The zero-order chi connectivity index (χ0) is 23.7. The van der Waals surface area contributed by atoms with Gasteiger partial charge in [0.25, 0.3) is 5.91 Å². The Kier molecular flexibility index (Phi) is 6.09. The number of aromatic nitrogens is 2. The van der Waals surface area contributed by atoms with E-state index in [2.05, 4.69) is 10.1 Å². The Morgan fingerprint density at radius 1 is 1.09 bits per heavy atom. The van der Waals surface area contributed by atoms with Crippen LogP contribution in [0.15, 0.2) is 57.9 Å². The van der Waals surface area contributed by atoms with Crippen LogP contribution in [0.2, 0.25) is 0 Å². The molecule has 0 N–H and O–H groups in total. The predicted octanol–water partition coefficient (Wildman–Crippen LogP) is 2.69. The minimum absolute atomic E-state index is 0.0160. The number of methoxy groups -OCH3 is 1. The summed E-state index contributed by atoms with van der Waals surface area (Å²) in [5.41, 5.74) is 1.43. The third-order valence-corrected chi connectivity index (χ3v) is 8.26. The molecule has 5 rings (SSSR count). The third-order valence-electron chi connectivity index (χ3n) is 6.35. The van der Waals surface area contributed by atoms with Crippen LogP contribution in [0.1, 0.15) is 46.4 Å². The van der Waals surface area contributed by atoms with Crippen LogP contribution in [0.3, 0.4) is 0 Å². The van der Waals surface area contributed by atoms with E-state index in [1.54, 1.807) is 24.1 Å². The summed E-state index contributed by atoms with van der Waals surface area (Å²) in [5.74, 6) is 1.70. The van der Waals surface area contributed by atoms with Crippen molar-refractivity contribution < 1.29 is 22.5 Å². The van der Waals surface area contributed by atoms with E-state index in [-0.39, 0.29) is 16.7 Å². The van der Waals surface area contributed by atoms with Gasteiger partial charge in [0.1, 0.15) is 5.75 Å². The van der Waals surface area contributed by atoms with Gasteiger partial charge in [-0.15, -0.1) is 0 Å². The van der Waals surface area contributed by atoms with E-state index in [4.69, 9.17) is 9.26 Å². The molecule has 0 unspecified atom stereocenters. The number of amides is 1. The number of carbonyl (C=O) groups is 1. The highest BCUT2D eigenvalue weighted by atomic mass is 32.2. The van der Waals surface area contributed by atoms with Crippen LogP contribution in [0.4, 0.5) is 0 Å². The van der Waals surface area contributed by atoms with E-state index in [1.807, 2.05) is 24.3 Å². The highest BCUT2D eigenvalue weighted by Gasteiger charge is 2.36. The van der Waals surface area contributed by atoms with Crippen molar-refractivity contribution in [2.45, 2.75) is 30.1 Å². The van der Waals surface area contributed by atoms with Gasteiger partial charge >= 0.3 is 0 Å². The number of ether oxygens (including phenoxy) is 1. The van der Waals surface area contributed by atoms with Crippen molar-refractivity contribution >= 4 is 15.9 Å². The number of carbonyl (C=O) groups excluding carboxylic acids is 1. The fraction of sp³-hybridized carbons (Fsp3) is 0.375. The summed E-state index contributed by atoms with van der Waals surface area (Å²) in [5, 5.41) is 4.08. The molecule has 2 aliphatic rings. The molecule has 2 aliphatic heterocycles. The molecule has 2 fully saturated rings. The predicted molar refractivity (Wildman–Crippen MR) is 123 cm³/mol. The average molecular weight is 483 g/mol. The standard InChI is InChI=1S/C24H26N4O5S/c1-32-21-7-3-2-6-18(21)14-22-25-23(33-26-22)19-15-27(16-19)24(29)17-8-10-20(11-9-17)34(30,31)28-12-4-5-13-28/h2-3,6-11,19H,4-5,12-16H2,1H3. The smallest absolute Gasteiger partial charge is 0.253 e. The zero-order valence-corrected chi connectivity index (χ0v) is 19.7. The number of para-hydroxylation sites is 1. The lowest BCUT2D eigenvalue weighted by Gasteiger charge is -2.37. The number of sulfonamides is 1. The first kappa shape index (κ1) is 22.5. The van der Waals surface area contributed by atoms with Gasteiger partial charge in [0.15, 0.2) is 5.82 Å². The Morgan fingerprint density at radius 3 is 2.50 bits per heavy atom. The SMILES string of the molecule is COc1ccccc1Cc1noc(C2CN(C(=O)c3ccc(S(=O)(=O)N4CCCC4)cc3)C2)n1. The Balaban J connectivity index is 1.19. The Hall–Kier alpha value is -3.24. The van der Waals surface area contributed by atoms with Crippen LogP contribution in [0, 0.1) is 0 Å². The second-order valence-electron chi connectivity index (χ2n) is 8.58. The van der Waals surface area contributed by atoms with Crippen molar-refractivity contribution in [2.75, 3.05) is 33.3 Å². The highest BCUT2D eigenvalue weighted by molar-refractivity contribution is 7.89. The fourth-order valence-corrected chi connectivity index (χ4v) is 5.87. The quantitative estimate of drug-likeness (QED) is 0.510. The second-order valence-corrected chi connectivity index (χ2v) is 10.5. The first-order valence-corrected chi connectivity index (χ1v) is 12.7. The molecular weight excluding hydrogens is 456 g/mol. The summed E-state index contributed by atoms with van der Waals surface area (Å²) < 4.78 is 37.6. The minimum atomic E-state index is -3.49. The molecule has 0 spiro atoms. The van der Waals surface area contributed by atoms with Crippen molar-refractivity contribution in [3.8, 4) is 5.75 Å². The first-order chi connectivity index (χ1) is 16.5. The molecule has 2 aromatic carbocycles. The van der Waals surface area contributed by atoms with E-state index in [1.165, 1.54) is 16.4 Å². The van der Waals surface area contributed by atoms with Gasteiger partial charge in [-0.25, -0.2) is 8.42 Å². The lowest BCUT2D eigenvalue weighted by atomic mass is 9.98. The number of nitrogens with zero attached hydrogens (tertiary/aromatic N) is 4. The van der Waals surface area contributed by atoms with Crippen LogP contribution < -0.4 is 4.74 Å². The zero-order valence-electron chi connectivity index (χ0n) is 18.9. The van der Waals surface area contributed by atoms with Crippen molar-refractivity contribution in [1.82, 2.24) is 19.3 Å². The number of hydrogen-bond donors (Lipinski definition) is 0. The van der Waals surface area contributed by atoms with E-state index in [0.717, 1.165) is 24.2 Å². The van der Waals surface area contributed by atoms with Gasteiger partial charge in [0.05, 0.1) is 17.9 Å². The van der Waals surface area contributed by atoms with Crippen molar-refractivity contribution in [3.05, 3.63) is 71.4 Å². The number of rotatable bonds is 7. The molecule has 10 heteroatoms. The lowest BCUT2D eigenvalue weighted by molar-refractivity contribution is 0.0569. The summed E-state index contributed by atoms with van der Waals surface area (Å²) in [7, 11) is -1.86. The van der Waals surface area contributed by atoms with E-state index in [9.17, 15) is 13.2 Å². The molecule has 9 nitrogen and oxygen atoms in total. The summed E-state index contributed by atoms with van der Waals surface area (Å²) in [6.45, 7) is 2.05. The van der Waals surface area contributed by atoms with Crippen LogP contribution in [0.25, 0.3) is 0 Å². The van der Waals surface area contributed by atoms with E-state index >= 15 is 0 Å². The van der Waals surface area contributed by atoms with E-state index in [0.29, 0.717) is 49.9 Å². The molecule has 0 saturated carbocycles. The maximum Gasteiger partial charge on any atom is 0.253 e. The Labute approximate surface area is 198 Å². The van der Waals surface area contributed by atoms with Crippen LogP contribution >= 0.6 is 0 Å². The maximum atomic E-state index is 12.8. The molecule has 34 heavy (non-hydrogen) atoms. The highest BCUT2D eigenvalue weighted by Crippen LogP contribution is 2.29. The molecule has 2 saturated heterocycles. The van der Waals surface area contributed by atoms with Crippen LogP contribution in [-0.2, 0) is 16.4 Å². The molecule has 3 heterocycles. The first-order valence-electron chi connectivity index (χ1n) is 11.3. The van der Waals surface area contributed by atoms with E-state index < -0.39 is 10.0 Å². The molecule has 0 radical (unpaired) electrons. The van der Waals surface area contributed by atoms with Crippen LogP contribution in [0.5, 0.6) is 5.75 Å². The van der Waals surface area contributed by atoms with Gasteiger partial charge in [-0.1, -0.05) is 23.4 Å². The van der Waals surface area contributed by atoms with Crippen molar-refractivity contribution in [2.24, 2.45) is 0 Å². The molecule has 0 bridgehead atoms. The number of likely N-dealkylation sites (tertiary alicyclic amines) is 1. The van der Waals surface area contributed by atoms with Crippen molar-refractivity contribution in [1.29, 1.82) is 0 Å². The lowest BCUT2D eigenvalue weighted by Crippen LogP contribution is -2.48. The van der Waals surface area contributed by atoms with Gasteiger partial charge in [0.2, 0.25) is 15.9 Å². The molecular formula is C24H26N4O5S. The number of hydrogen-bond acceptors (Lipinski definition) is 7. The van der Waals surface area contributed by atoms with Crippen LogP contribution in [-0.4, -0.2) is 67.0 Å². The third kappa shape index (κ3) is 4.30.